The summed E-state index contributed by atoms with van der Waals surface area (Å²) in [6.07, 6.45) is 0. The number of hydrogen-bond acceptors (Lipinski definition) is 4. The number of nitrogens with one attached hydrogen (secondary N) is 1. The lowest BCUT2D eigenvalue weighted by atomic mass is 10.1. The van der Waals surface area contributed by atoms with Crippen LogP contribution in [0, 0.1) is 0 Å². The van der Waals surface area contributed by atoms with Gasteiger partial charge in [-0.2, -0.15) is 0 Å². The van der Waals surface area contributed by atoms with Crippen LogP contribution in [0.15, 0.2) is 12.1 Å². The molecule has 0 saturated carbocycles. The highest BCUT2D eigenvalue weighted by Gasteiger charge is 2.15. The second kappa shape index (κ2) is 4.52. The fourth-order valence-electron chi connectivity index (χ4n) is 1.20. The number of carboxylic acid groups (broad SMARTS) is 1. The maximum absolute atomic E-state index is 10.9. The number of rotatable bonds is 3. The average molecular weight is 225 g/mol. The van der Waals surface area contributed by atoms with Crippen LogP contribution in [0.5, 0.6) is 11.5 Å². The van der Waals surface area contributed by atoms with E-state index in [0.717, 1.165) is 6.07 Å². The van der Waals surface area contributed by atoms with E-state index >= 15 is 0 Å². The van der Waals surface area contributed by atoms with E-state index < -0.39 is 11.9 Å². The average Bonchev–Trinajstić information content (AvgIpc) is 2.19. The highest BCUT2D eigenvalue weighted by atomic mass is 16.5. The molecule has 3 N–H and O–H groups in total. The molecule has 0 aliphatic rings. The Morgan fingerprint density at radius 3 is 2.44 bits per heavy atom. The maximum atomic E-state index is 10.9. The molecule has 1 rings (SSSR count). The SMILES string of the molecule is COc1cc(NC(C)=O)c(C(=O)O)cc1O. The van der Waals surface area contributed by atoms with Crippen molar-refractivity contribution in [3.63, 3.8) is 0 Å². The fourth-order valence-corrected chi connectivity index (χ4v) is 1.20. The molecule has 0 aromatic heterocycles. The number of amides is 1. The molecule has 0 aliphatic carbocycles. The molecule has 0 bridgehead atoms. The van der Waals surface area contributed by atoms with Crippen LogP contribution < -0.4 is 10.1 Å². The zero-order valence-corrected chi connectivity index (χ0v) is 8.77. The van der Waals surface area contributed by atoms with E-state index in [-0.39, 0.29) is 22.7 Å². The van der Waals surface area contributed by atoms with Gasteiger partial charge in [0.2, 0.25) is 5.91 Å². The molecule has 0 unspecified atom stereocenters. The molecule has 1 aromatic carbocycles. The largest absolute Gasteiger partial charge is 0.504 e. The summed E-state index contributed by atoms with van der Waals surface area (Å²) in [5.41, 5.74) is -0.122. The summed E-state index contributed by atoms with van der Waals surface area (Å²) in [5.74, 6) is -1.86. The first kappa shape index (κ1) is 11.8. The predicted octanol–water partition coefficient (Wildman–Crippen LogP) is 1.06. The van der Waals surface area contributed by atoms with Gasteiger partial charge in [0, 0.05) is 19.1 Å². The van der Waals surface area contributed by atoms with Gasteiger partial charge >= 0.3 is 5.97 Å². The normalized spacial score (nSPS) is 9.62. The maximum Gasteiger partial charge on any atom is 0.337 e. The van der Waals surface area contributed by atoms with Crippen molar-refractivity contribution in [2.45, 2.75) is 6.92 Å². The molecular weight excluding hydrogens is 214 g/mol. The van der Waals surface area contributed by atoms with Crippen LogP contribution >= 0.6 is 0 Å². The number of phenols is 1. The molecule has 0 heterocycles. The van der Waals surface area contributed by atoms with E-state index in [1.807, 2.05) is 0 Å². The Labute approximate surface area is 91.5 Å². The molecule has 1 amide bonds. The number of benzene rings is 1. The van der Waals surface area contributed by atoms with Crippen LogP contribution in [0.2, 0.25) is 0 Å². The molecule has 0 aliphatic heterocycles. The number of anilines is 1. The molecule has 0 saturated heterocycles. The standard InChI is InChI=1S/C10H11NO5/c1-5(12)11-7-4-9(16-2)8(13)3-6(7)10(14)15/h3-4,13H,1-2H3,(H,11,12)(H,14,15). The number of carbonyl (C=O) groups excluding carboxylic acids is 1. The third-order valence-corrected chi connectivity index (χ3v) is 1.86. The Kier molecular flexibility index (Phi) is 3.34. The van der Waals surface area contributed by atoms with Crippen molar-refractivity contribution in [3.8, 4) is 11.5 Å². The van der Waals surface area contributed by atoms with E-state index in [2.05, 4.69) is 5.32 Å². The van der Waals surface area contributed by atoms with Gasteiger partial charge in [-0.25, -0.2) is 4.79 Å². The minimum absolute atomic E-state index is 0.0784. The third kappa shape index (κ3) is 2.41. The summed E-state index contributed by atoms with van der Waals surface area (Å²) in [7, 11) is 1.33. The molecule has 16 heavy (non-hydrogen) atoms. The van der Waals surface area contributed by atoms with Crippen molar-refractivity contribution in [2.24, 2.45) is 0 Å². The lowest BCUT2D eigenvalue weighted by Gasteiger charge is -2.10. The molecular formula is C10H11NO5. The summed E-state index contributed by atoms with van der Waals surface area (Å²) in [6, 6.07) is 2.27. The van der Waals surface area contributed by atoms with Gasteiger partial charge in [-0.15, -0.1) is 0 Å². The second-order valence-electron chi connectivity index (χ2n) is 3.06. The Morgan fingerprint density at radius 2 is 2.00 bits per heavy atom. The van der Waals surface area contributed by atoms with E-state index in [0.29, 0.717) is 0 Å². The van der Waals surface area contributed by atoms with E-state index in [4.69, 9.17) is 9.84 Å². The number of carboxylic acids is 1. The van der Waals surface area contributed by atoms with Crippen LogP contribution in [0.1, 0.15) is 17.3 Å². The fraction of sp³-hybridized carbons (Fsp3) is 0.200. The van der Waals surface area contributed by atoms with Gasteiger partial charge < -0.3 is 20.3 Å². The molecule has 0 fully saturated rings. The highest BCUT2D eigenvalue weighted by molar-refractivity contribution is 6.00. The van der Waals surface area contributed by atoms with Gasteiger partial charge in [0.15, 0.2) is 11.5 Å². The van der Waals surface area contributed by atoms with Gasteiger partial charge in [0.05, 0.1) is 18.4 Å². The number of hydrogen-bond donors (Lipinski definition) is 3. The van der Waals surface area contributed by atoms with Crippen LogP contribution in [0.4, 0.5) is 5.69 Å². The van der Waals surface area contributed by atoms with Gasteiger partial charge in [0.1, 0.15) is 0 Å². The molecule has 6 heteroatoms. The summed E-state index contributed by atoms with van der Waals surface area (Å²) in [4.78, 5) is 21.7. The summed E-state index contributed by atoms with van der Waals surface area (Å²) in [5, 5.41) is 20.6. The highest BCUT2D eigenvalue weighted by Crippen LogP contribution is 2.32. The van der Waals surface area contributed by atoms with Crippen molar-refractivity contribution in [2.75, 3.05) is 12.4 Å². The lowest BCUT2D eigenvalue weighted by molar-refractivity contribution is -0.114. The minimum Gasteiger partial charge on any atom is -0.504 e. The Morgan fingerprint density at radius 1 is 1.38 bits per heavy atom. The molecule has 86 valence electrons. The number of carbonyl (C=O) groups is 2. The number of aromatic carboxylic acids is 1. The molecule has 0 radical (unpaired) electrons. The molecule has 0 spiro atoms. The monoisotopic (exact) mass is 225 g/mol. The zero-order valence-electron chi connectivity index (χ0n) is 8.77. The van der Waals surface area contributed by atoms with Crippen molar-refractivity contribution in [3.05, 3.63) is 17.7 Å². The number of phenolic OH excluding ortho intramolecular Hbond substituents is 1. The van der Waals surface area contributed by atoms with Crippen LogP contribution in [0.3, 0.4) is 0 Å². The zero-order chi connectivity index (χ0) is 12.3. The predicted molar refractivity (Wildman–Crippen MR) is 55.9 cm³/mol. The number of aromatic hydroxyl groups is 1. The lowest BCUT2D eigenvalue weighted by Crippen LogP contribution is -2.11. The quantitative estimate of drug-likeness (QED) is 0.668. The first-order chi connectivity index (χ1) is 7.45. The molecule has 1 aromatic rings. The van der Waals surface area contributed by atoms with E-state index in [9.17, 15) is 14.7 Å². The van der Waals surface area contributed by atoms with E-state index in [1.54, 1.807) is 0 Å². The van der Waals surface area contributed by atoms with Gasteiger partial charge in [-0.1, -0.05) is 0 Å². The van der Waals surface area contributed by atoms with Crippen molar-refractivity contribution < 1.29 is 24.5 Å². The first-order valence-electron chi connectivity index (χ1n) is 4.37. The smallest absolute Gasteiger partial charge is 0.337 e. The van der Waals surface area contributed by atoms with Crippen molar-refractivity contribution in [1.82, 2.24) is 0 Å². The summed E-state index contributed by atoms with van der Waals surface area (Å²) in [6.45, 7) is 1.25. The Bertz CT molecular complexity index is 441. The molecule has 6 nitrogen and oxygen atoms in total. The third-order valence-electron chi connectivity index (χ3n) is 1.86. The van der Waals surface area contributed by atoms with E-state index in [1.165, 1.54) is 20.1 Å². The summed E-state index contributed by atoms with van der Waals surface area (Å²) < 4.78 is 4.81. The van der Waals surface area contributed by atoms with Gasteiger partial charge in [0.25, 0.3) is 0 Å². The first-order valence-corrected chi connectivity index (χ1v) is 4.37. The topological polar surface area (TPSA) is 95.9 Å². The Balaban J connectivity index is 3.30. The molecule has 0 atom stereocenters. The van der Waals surface area contributed by atoms with Crippen LogP contribution in [0.25, 0.3) is 0 Å². The van der Waals surface area contributed by atoms with Gasteiger partial charge in [-0.05, 0) is 0 Å². The summed E-state index contributed by atoms with van der Waals surface area (Å²) >= 11 is 0. The van der Waals surface area contributed by atoms with Crippen LogP contribution in [-0.2, 0) is 4.79 Å². The number of methoxy groups -OCH3 is 1. The second-order valence-corrected chi connectivity index (χ2v) is 3.06. The van der Waals surface area contributed by atoms with Crippen LogP contribution in [-0.4, -0.2) is 29.2 Å². The van der Waals surface area contributed by atoms with Crippen molar-refractivity contribution in [1.29, 1.82) is 0 Å². The van der Waals surface area contributed by atoms with Gasteiger partial charge in [-0.3, -0.25) is 4.79 Å². The minimum atomic E-state index is -1.25. The van der Waals surface area contributed by atoms with Crippen molar-refractivity contribution >= 4 is 17.6 Å². The Hall–Kier alpha value is -2.24. The number of ether oxygens (including phenoxy) is 1.